The van der Waals surface area contributed by atoms with Gasteiger partial charge >= 0.3 is 63.3 Å². The maximum atomic E-state index is 9.64. The molecule has 0 aromatic carbocycles. The molecule has 0 spiro atoms. The molecule has 70 valence electrons. The maximum absolute atomic E-state index is 9.64. The molecule has 2 N–H and O–H groups in total. The van der Waals surface area contributed by atoms with Gasteiger partial charge in [-0.25, -0.2) is 0 Å². The summed E-state index contributed by atoms with van der Waals surface area (Å²) in [6, 6.07) is 0. The van der Waals surface area contributed by atoms with E-state index in [9.17, 15) is 9.59 Å². The monoisotopic (exact) mass is 212 g/mol. The van der Waals surface area contributed by atoms with Crippen molar-refractivity contribution in [3.8, 4) is 0 Å². The van der Waals surface area contributed by atoms with E-state index in [0.717, 1.165) is 5.57 Å². The van der Waals surface area contributed by atoms with E-state index in [-0.39, 0.29) is 64.2 Å². The second-order valence-electron chi connectivity index (χ2n) is 2.36. The van der Waals surface area contributed by atoms with Crippen molar-refractivity contribution in [3.05, 3.63) is 12.2 Å². The van der Waals surface area contributed by atoms with Gasteiger partial charge in [-0.3, -0.25) is 15.2 Å². The Morgan fingerprint density at radius 1 is 1.08 bits per heavy atom. The minimum atomic E-state index is -1.08. The molecule has 4 nitrogen and oxygen atoms in total. The first-order valence-electron chi connectivity index (χ1n) is 3.35. The summed E-state index contributed by atoms with van der Waals surface area (Å²) >= 11 is 0. The van der Waals surface area contributed by atoms with Gasteiger partial charge in [0.25, 0.3) is 0 Å². The molecule has 0 aromatic heterocycles. The van der Waals surface area contributed by atoms with Crippen LogP contribution in [0.25, 0.3) is 0 Å². The molecule has 0 saturated carbocycles. The number of hydrogen-bond donors (Lipinski definition) is 2. The quantitative estimate of drug-likeness (QED) is 0.433. The molecule has 0 heterocycles. The Morgan fingerprint density at radius 2 is 1.23 bits per heavy atom. The van der Waals surface area contributed by atoms with Crippen molar-refractivity contribution in [2.45, 2.75) is 26.7 Å². The van der Waals surface area contributed by atoms with Crippen LogP contribution in [0, 0.1) is 6.58 Å². The zero-order valence-electron chi connectivity index (χ0n) is 8.20. The van der Waals surface area contributed by atoms with Crippen molar-refractivity contribution in [3.63, 3.8) is 0 Å². The Morgan fingerprint density at radius 3 is 1.31 bits per heavy atom. The zero-order chi connectivity index (χ0) is 10.1. The second-order valence-corrected chi connectivity index (χ2v) is 2.36. The van der Waals surface area contributed by atoms with E-state index in [1.54, 1.807) is 0 Å². The van der Waals surface area contributed by atoms with E-state index in [1.165, 1.54) is 0 Å². The number of carboxylic acids is 2. The van der Waals surface area contributed by atoms with Gasteiger partial charge in [0.05, 0.1) is 12.8 Å². The maximum Gasteiger partial charge on any atom is 1.00 e. The van der Waals surface area contributed by atoms with Gasteiger partial charge in [-0.2, -0.15) is 0 Å². The third-order valence-electron chi connectivity index (χ3n) is 0.553. The third-order valence-corrected chi connectivity index (χ3v) is 0.553. The van der Waals surface area contributed by atoms with Gasteiger partial charge < -0.3 is 16.8 Å². The van der Waals surface area contributed by atoms with Gasteiger partial charge in [0.15, 0.2) is 0 Å². The van der Waals surface area contributed by atoms with Crippen molar-refractivity contribution in [2.75, 3.05) is 0 Å². The van der Waals surface area contributed by atoms with Gasteiger partial charge in [0.1, 0.15) is 0 Å². The van der Waals surface area contributed by atoms with Gasteiger partial charge in [-0.15, -0.1) is 0 Å². The molecule has 0 bridgehead atoms. The van der Waals surface area contributed by atoms with Crippen LogP contribution in [0.15, 0.2) is 5.57 Å². The Balaban J connectivity index is -0.000000173. The normalized spacial score (nSPS) is 7.23. The fraction of sp³-hybridized carbons (Fsp3) is 0.500. The molecule has 0 unspecified atom stereocenters. The van der Waals surface area contributed by atoms with Gasteiger partial charge in [-0.05, 0) is 0 Å². The smallest absolute Gasteiger partial charge is 0.515 e. The van der Waals surface area contributed by atoms with Gasteiger partial charge in [-0.1, -0.05) is 13.8 Å². The van der Waals surface area contributed by atoms with Crippen LogP contribution in [0.3, 0.4) is 0 Å². The Hall–Kier alpha value is 0.316. The van der Waals surface area contributed by atoms with Crippen LogP contribution >= 0.6 is 0 Å². The predicted octanol–water partition coefficient (Wildman–Crippen LogP) is -1.67. The number of hydrogen-bond acceptors (Lipinski definition) is 2. The summed E-state index contributed by atoms with van der Waals surface area (Å²) < 4.78 is 0. The molecule has 0 aliphatic rings. The summed E-state index contributed by atoms with van der Waals surface area (Å²) in [5.41, 5.74) is 0.917. The summed E-state index contributed by atoms with van der Waals surface area (Å²) in [7, 11) is 0. The Bertz CT molecular complexity index is 159. The topological polar surface area (TPSA) is 74.6 Å². The van der Waals surface area contributed by atoms with Gasteiger partial charge in [0.2, 0.25) is 0 Å². The number of rotatable bonds is 3. The van der Waals surface area contributed by atoms with Crippen LogP contribution in [0.2, 0.25) is 0 Å². The number of carbonyl (C=O) groups is 2. The summed E-state index contributed by atoms with van der Waals surface area (Å²) in [6.07, 6.45) is -0.593. The largest absolute Gasteiger partial charge is 1.00 e. The van der Waals surface area contributed by atoms with Crippen molar-refractivity contribution in [1.82, 2.24) is 0 Å². The van der Waals surface area contributed by atoms with Crippen LogP contribution in [-0.4, -0.2) is 22.2 Å². The Labute approximate surface area is 120 Å². The molecule has 0 aliphatic heterocycles. The molecule has 0 aromatic rings. The number of allylic oxidation sites excluding steroid dienone is 1. The van der Waals surface area contributed by atoms with E-state index in [2.05, 4.69) is 0 Å². The molecule has 0 radical (unpaired) electrons. The summed E-state index contributed by atoms with van der Waals surface area (Å²) in [6.45, 7) is 8.75. The first-order valence-corrected chi connectivity index (χ1v) is 3.35. The first-order chi connectivity index (χ1) is 5.36. The molecule has 0 aliphatic carbocycles. The molecule has 0 atom stereocenters. The molecular formula is C8H13KO4. The molecule has 0 fully saturated rings. The summed E-state index contributed by atoms with van der Waals surface area (Å²) in [5.74, 6) is -2.15. The summed E-state index contributed by atoms with van der Waals surface area (Å²) in [4.78, 5) is 19.3. The number of aliphatic carboxylic acids is 2. The fourth-order valence-corrected chi connectivity index (χ4v) is 0.214. The van der Waals surface area contributed by atoms with Crippen LogP contribution in [0.5, 0.6) is 0 Å². The molecule has 0 amide bonds. The van der Waals surface area contributed by atoms with Crippen molar-refractivity contribution >= 4 is 11.9 Å². The second kappa shape index (κ2) is 12.3. The average Bonchev–Trinajstić information content (AvgIpc) is 1.82. The van der Waals surface area contributed by atoms with Crippen molar-refractivity contribution in [2.24, 2.45) is 0 Å². The molecule has 0 rings (SSSR count). The van der Waals surface area contributed by atoms with Crippen LogP contribution in [0.4, 0.5) is 0 Å². The van der Waals surface area contributed by atoms with Crippen molar-refractivity contribution in [1.29, 1.82) is 0 Å². The SMILES string of the molecule is O=C(O)CCC(=O)O.[CH-]=C(C)C.[K+]. The van der Waals surface area contributed by atoms with Crippen LogP contribution in [0.1, 0.15) is 26.7 Å². The Kier molecular flexibility index (Phi) is 18.0. The molecular weight excluding hydrogens is 199 g/mol. The van der Waals surface area contributed by atoms with Gasteiger partial charge in [0, 0.05) is 0 Å². The summed E-state index contributed by atoms with van der Waals surface area (Å²) in [5, 5.41) is 15.8. The van der Waals surface area contributed by atoms with E-state index in [1.807, 2.05) is 13.8 Å². The van der Waals surface area contributed by atoms with Crippen LogP contribution in [-0.2, 0) is 9.59 Å². The van der Waals surface area contributed by atoms with Crippen molar-refractivity contribution < 1.29 is 71.2 Å². The minimum absolute atomic E-state index is 0. The predicted molar refractivity (Wildman–Crippen MR) is 43.7 cm³/mol. The molecule has 5 heteroatoms. The average molecular weight is 212 g/mol. The van der Waals surface area contributed by atoms with E-state index >= 15 is 0 Å². The fourth-order valence-electron chi connectivity index (χ4n) is 0.214. The third kappa shape index (κ3) is 46.4. The van der Waals surface area contributed by atoms with Crippen LogP contribution < -0.4 is 51.4 Å². The van der Waals surface area contributed by atoms with E-state index in [0.29, 0.717) is 0 Å². The first kappa shape index (κ1) is 19.0. The zero-order valence-corrected chi connectivity index (χ0v) is 11.3. The van der Waals surface area contributed by atoms with E-state index in [4.69, 9.17) is 16.8 Å². The standard InChI is InChI=1S/C4H6O4.C4H7.K/c5-3(6)1-2-4(7)8;1-4(2)3;/h1-2H2,(H,5,6)(H,7,8);1H,2-3H3;/q;-1;+1. The molecule has 13 heavy (non-hydrogen) atoms. The van der Waals surface area contributed by atoms with E-state index < -0.39 is 11.9 Å². The molecule has 0 saturated heterocycles. The minimum Gasteiger partial charge on any atom is -0.515 e. The number of carboxylic acid groups (broad SMARTS) is 2.